The molecule has 2 aromatic rings. The molecule has 0 heterocycles. The second-order valence-corrected chi connectivity index (χ2v) is 10.5. The van der Waals surface area contributed by atoms with Crippen molar-refractivity contribution in [3.63, 3.8) is 0 Å². The van der Waals surface area contributed by atoms with Gasteiger partial charge in [0.1, 0.15) is 17.7 Å². The van der Waals surface area contributed by atoms with Crippen molar-refractivity contribution >= 4 is 18.0 Å². The van der Waals surface area contributed by atoms with E-state index < -0.39 is 23.2 Å². The van der Waals surface area contributed by atoms with Crippen LogP contribution in [0.15, 0.2) is 48.5 Å². The van der Waals surface area contributed by atoms with Crippen LogP contribution >= 0.6 is 0 Å². The topological polar surface area (TPSA) is 93.7 Å². The zero-order valence-electron chi connectivity index (χ0n) is 21.9. The molecule has 190 valence electrons. The van der Waals surface area contributed by atoms with Gasteiger partial charge in [-0.15, -0.1) is 0 Å². The molecule has 7 heteroatoms. The molecule has 2 N–H and O–H groups in total. The summed E-state index contributed by atoms with van der Waals surface area (Å²) in [6.07, 6.45) is -0.425. The maximum atomic E-state index is 12.4. The SMILES string of the molecule is CC(C)c1ccc(CNC(=O)Cc2ccc(COC(=O)C(C)(C)NC(=O)OC(C)(C)C)cc2)cc1. The van der Waals surface area contributed by atoms with Crippen LogP contribution in [-0.4, -0.2) is 29.1 Å². The number of nitrogens with one attached hydrogen (secondary N) is 2. The van der Waals surface area contributed by atoms with Gasteiger partial charge in [-0.05, 0) is 62.8 Å². The Morgan fingerprint density at radius 2 is 1.37 bits per heavy atom. The smallest absolute Gasteiger partial charge is 0.408 e. The highest BCUT2D eigenvalue weighted by atomic mass is 16.6. The number of amides is 2. The quantitative estimate of drug-likeness (QED) is 0.490. The van der Waals surface area contributed by atoms with Crippen molar-refractivity contribution in [2.24, 2.45) is 0 Å². The first-order valence-electron chi connectivity index (χ1n) is 11.9. The lowest BCUT2D eigenvalue weighted by molar-refractivity contribution is -0.151. The molecule has 2 aromatic carbocycles. The molecular formula is C28H38N2O5. The minimum absolute atomic E-state index is 0.0527. The number of benzene rings is 2. The van der Waals surface area contributed by atoms with Crippen molar-refractivity contribution < 1.29 is 23.9 Å². The molecule has 0 atom stereocenters. The molecule has 0 aliphatic carbocycles. The molecule has 0 aliphatic heterocycles. The molecule has 2 amide bonds. The first-order chi connectivity index (χ1) is 16.2. The van der Waals surface area contributed by atoms with E-state index in [9.17, 15) is 14.4 Å². The van der Waals surface area contributed by atoms with Crippen LogP contribution in [0.3, 0.4) is 0 Å². The number of carbonyl (C=O) groups is 3. The molecule has 0 aliphatic rings. The van der Waals surface area contributed by atoms with Crippen molar-refractivity contribution in [2.75, 3.05) is 0 Å². The fraction of sp³-hybridized carbons (Fsp3) is 0.464. The van der Waals surface area contributed by atoms with E-state index in [-0.39, 0.29) is 18.9 Å². The number of ether oxygens (including phenoxy) is 2. The molecule has 0 radical (unpaired) electrons. The van der Waals surface area contributed by atoms with Gasteiger partial charge in [-0.1, -0.05) is 62.4 Å². The fourth-order valence-electron chi connectivity index (χ4n) is 3.16. The Morgan fingerprint density at radius 1 is 0.829 bits per heavy atom. The lowest BCUT2D eigenvalue weighted by Gasteiger charge is -2.27. The normalized spacial score (nSPS) is 11.7. The number of hydrogen-bond acceptors (Lipinski definition) is 5. The summed E-state index contributed by atoms with van der Waals surface area (Å²) < 4.78 is 10.6. The van der Waals surface area contributed by atoms with Gasteiger partial charge < -0.3 is 20.1 Å². The molecule has 0 bridgehead atoms. The van der Waals surface area contributed by atoms with Gasteiger partial charge in [0.25, 0.3) is 0 Å². The van der Waals surface area contributed by atoms with Gasteiger partial charge in [0.2, 0.25) is 5.91 Å². The molecular weight excluding hydrogens is 444 g/mol. The highest BCUT2D eigenvalue weighted by Crippen LogP contribution is 2.15. The van der Waals surface area contributed by atoms with Crippen LogP contribution in [-0.2, 0) is 38.6 Å². The zero-order chi connectivity index (χ0) is 26.2. The molecule has 7 nitrogen and oxygen atoms in total. The molecule has 0 unspecified atom stereocenters. The van der Waals surface area contributed by atoms with Gasteiger partial charge in [0.05, 0.1) is 6.42 Å². The van der Waals surface area contributed by atoms with Crippen molar-refractivity contribution in [1.29, 1.82) is 0 Å². The van der Waals surface area contributed by atoms with E-state index >= 15 is 0 Å². The van der Waals surface area contributed by atoms with Crippen molar-refractivity contribution in [3.8, 4) is 0 Å². The van der Waals surface area contributed by atoms with E-state index in [1.54, 1.807) is 34.6 Å². The molecule has 35 heavy (non-hydrogen) atoms. The van der Waals surface area contributed by atoms with E-state index in [0.717, 1.165) is 16.7 Å². The largest absolute Gasteiger partial charge is 0.459 e. The van der Waals surface area contributed by atoms with Crippen LogP contribution in [0, 0.1) is 0 Å². The Labute approximate surface area is 208 Å². The average molecular weight is 483 g/mol. The number of esters is 1. The highest BCUT2D eigenvalue weighted by Gasteiger charge is 2.33. The second-order valence-electron chi connectivity index (χ2n) is 10.5. The predicted octanol–water partition coefficient (Wildman–Crippen LogP) is 5.02. The molecule has 0 saturated carbocycles. The van der Waals surface area contributed by atoms with Crippen LogP contribution < -0.4 is 10.6 Å². The maximum absolute atomic E-state index is 12.4. The lowest BCUT2D eigenvalue weighted by Crippen LogP contribution is -2.51. The third-order valence-electron chi connectivity index (χ3n) is 5.22. The molecule has 2 rings (SSSR count). The van der Waals surface area contributed by atoms with Crippen LogP contribution in [0.2, 0.25) is 0 Å². The van der Waals surface area contributed by atoms with E-state index in [2.05, 4.69) is 36.6 Å². The number of alkyl carbamates (subject to hydrolysis) is 1. The van der Waals surface area contributed by atoms with Gasteiger partial charge >= 0.3 is 12.1 Å². The Hall–Kier alpha value is -3.35. The predicted molar refractivity (Wildman–Crippen MR) is 136 cm³/mol. The Morgan fingerprint density at radius 3 is 1.91 bits per heavy atom. The van der Waals surface area contributed by atoms with Crippen molar-refractivity contribution in [1.82, 2.24) is 10.6 Å². The van der Waals surface area contributed by atoms with Crippen molar-refractivity contribution in [2.45, 2.75) is 85.1 Å². The van der Waals surface area contributed by atoms with E-state index in [1.165, 1.54) is 5.56 Å². The number of hydrogen-bond donors (Lipinski definition) is 2. The molecule has 0 spiro atoms. The van der Waals surface area contributed by atoms with Gasteiger partial charge in [-0.25, -0.2) is 9.59 Å². The lowest BCUT2D eigenvalue weighted by atomic mass is 10.0. The molecule has 0 saturated heterocycles. The first kappa shape index (κ1) is 27.9. The second kappa shape index (κ2) is 11.9. The Bertz CT molecular complexity index is 1000. The van der Waals surface area contributed by atoms with Crippen LogP contribution in [0.1, 0.15) is 76.6 Å². The number of rotatable bonds is 9. The summed E-state index contributed by atoms with van der Waals surface area (Å²) in [5, 5.41) is 5.47. The van der Waals surface area contributed by atoms with Gasteiger partial charge in [0.15, 0.2) is 0 Å². The van der Waals surface area contributed by atoms with Crippen LogP contribution in [0.5, 0.6) is 0 Å². The summed E-state index contributed by atoms with van der Waals surface area (Å²) in [6, 6.07) is 15.6. The van der Waals surface area contributed by atoms with E-state index in [1.807, 2.05) is 36.4 Å². The first-order valence-corrected chi connectivity index (χ1v) is 11.9. The number of carbonyl (C=O) groups excluding carboxylic acids is 3. The Balaban J connectivity index is 1.79. The third kappa shape index (κ3) is 9.81. The highest BCUT2D eigenvalue weighted by molar-refractivity contribution is 5.85. The van der Waals surface area contributed by atoms with Gasteiger partial charge in [-0.3, -0.25) is 4.79 Å². The summed E-state index contributed by atoms with van der Waals surface area (Å²) in [5.74, 6) is -0.161. The summed E-state index contributed by atoms with van der Waals surface area (Å²) >= 11 is 0. The minimum Gasteiger partial charge on any atom is -0.459 e. The van der Waals surface area contributed by atoms with Crippen LogP contribution in [0.25, 0.3) is 0 Å². The van der Waals surface area contributed by atoms with Gasteiger partial charge in [0, 0.05) is 6.54 Å². The third-order valence-corrected chi connectivity index (χ3v) is 5.22. The fourth-order valence-corrected chi connectivity index (χ4v) is 3.16. The van der Waals surface area contributed by atoms with Gasteiger partial charge in [-0.2, -0.15) is 0 Å². The summed E-state index contributed by atoms with van der Waals surface area (Å²) in [5.41, 5.74) is 2.07. The zero-order valence-corrected chi connectivity index (χ0v) is 21.9. The Kier molecular flexibility index (Phi) is 9.46. The van der Waals surface area contributed by atoms with E-state index in [4.69, 9.17) is 9.47 Å². The standard InChI is InChI=1S/C28H38N2O5/c1-19(2)23-14-12-21(13-15-23)17-29-24(31)16-20-8-10-22(11-9-20)18-34-25(32)28(6,7)30-26(33)35-27(3,4)5/h8-15,19H,16-18H2,1-7H3,(H,29,31)(H,30,33). The summed E-state index contributed by atoms with van der Waals surface area (Å²) in [7, 11) is 0. The maximum Gasteiger partial charge on any atom is 0.408 e. The minimum atomic E-state index is -1.24. The van der Waals surface area contributed by atoms with Crippen LogP contribution in [0.4, 0.5) is 4.79 Å². The van der Waals surface area contributed by atoms with E-state index in [0.29, 0.717) is 12.5 Å². The monoisotopic (exact) mass is 482 g/mol. The van der Waals surface area contributed by atoms with Crippen molar-refractivity contribution in [3.05, 3.63) is 70.8 Å². The summed E-state index contributed by atoms with van der Waals surface area (Å²) in [6.45, 7) is 13.2. The average Bonchev–Trinajstić information content (AvgIpc) is 2.75. The molecule has 0 fully saturated rings. The summed E-state index contributed by atoms with van der Waals surface area (Å²) in [4.78, 5) is 36.7. The molecule has 0 aromatic heterocycles.